The van der Waals surface area contributed by atoms with Gasteiger partial charge in [-0.15, -0.1) is 0 Å². The van der Waals surface area contributed by atoms with Gasteiger partial charge in [0.05, 0.1) is 4.47 Å². The van der Waals surface area contributed by atoms with Crippen LogP contribution in [0.1, 0.15) is 5.56 Å². The van der Waals surface area contributed by atoms with E-state index in [4.69, 9.17) is 0 Å². The van der Waals surface area contributed by atoms with E-state index in [0.717, 1.165) is 31.6 Å². The maximum absolute atomic E-state index is 13.4. The van der Waals surface area contributed by atoms with Crippen molar-refractivity contribution < 1.29 is 4.39 Å². The summed E-state index contributed by atoms with van der Waals surface area (Å²) < 4.78 is 13.9. The number of piperazine rings is 1. The van der Waals surface area contributed by atoms with Gasteiger partial charge in [-0.3, -0.25) is 0 Å². The van der Waals surface area contributed by atoms with Gasteiger partial charge in [0.1, 0.15) is 5.82 Å². The van der Waals surface area contributed by atoms with Crippen LogP contribution >= 0.6 is 15.9 Å². The SMILES string of the molecule is Fc1cc2c(cc1Br)N1CCNCC1C2. The minimum absolute atomic E-state index is 0.151. The zero-order chi connectivity index (χ0) is 10.4. The van der Waals surface area contributed by atoms with E-state index in [-0.39, 0.29) is 5.82 Å². The van der Waals surface area contributed by atoms with E-state index in [9.17, 15) is 4.39 Å². The van der Waals surface area contributed by atoms with E-state index in [1.165, 1.54) is 5.69 Å². The van der Waals surface area contributed by atoms with Crippen LogP contribution in [0.2, 0.25) is 0 Å². The van der Waals surface area contributed by atoms with Crippen LogP contribution < -0.4 is 10.2 Å². The molecule has 1 fully saturated rings. The summed E-state index contributed by atoms with van der Waals surface area (Å²) in [6, 6.07) is 4.09. The second-order valence-electron chi connectivity index (χ2n) is 4.15. The molecule has 2 heterocycles. The van der Waals surface area contributed by atoms with Crippen molar-refractivity contribution in [2.75, 3.05) is 24.5 Å². The lowest BCUT2D eigenvalue weighted by atomic mass is 10.1. The Hall–Kier alpha value is -0.610. The third kappa shape index (κ3) is 1.47. The van der Waals surface area contributed by atoms with Gasteiger partial charge < -0.3 is 10.2 Å². The molecule has 1 aromatic carbocycles. The number of nitrogens with one attached hydrogen (secondary N) is 1. The summed E-state index contributed by atoms with van der Waals surface area (Å²) in [6.45, 7) is 3.05. The van der Waals surface area contributed by atoms with Gasteiger partial charge >= 0.3 is 0 Å². The van der Waals surface area contributed by atoms with E-state index >= 15 is 0 Å². The maximum Gasteiger partial charge on any atom is 0.137 e. The minimum atomic E-state index is -0.151. The molecule has 1 atom stereocenters. The third-order valence-electron chi connectivity index (χ3n) is 3.24. The molecular weight excluding hydrogens is 259 g/mol. The molecule has 15 heavy (non-hydrogen) atoms. The Labute approximate surface area is 96.6 Å². The van der Waals surface area contributed by atoms with Crippen LogP contribution in [-0.4, -0.2) is 25.7 Å². The number of hydrogen-bond acceptors (Lipinski definition) is 2. The van der Waals surface area contributed by atoms with Gasteiger partial charge in [0.15, 0.2) is 0 Å². The quantitative estimate of drug-likeness (QED) is 0.775. The summed E-state index contributed by atoms with van der Waals surface area (Å²) >= 11 is 3.25. The fourth-order valence-corrected chi connectivity index (χ4v) is 2.85. The predicted octanol–water partition coefficient (Wildman–Crippen LogP) is 1.92. The Morgan fingerprint density at radius 1 is 1.47 bits per heavy atom. The molecule has 1 aromatic rings. The van der Waals surface area contributed by atoms with Crippen LogP contribution in [0, 0.1) is 5.82 Å². The molecule has 0 aliphatic carbocycles. The minimum Gasteiger partial charge on any atom is -0.365 e. The first kappa shape index (κ1) is 9.60. The largest absolute Gasteiger partial charge is 0.365 e. The van der Waals surface area contributed by atoms with E-state index in [1.807, 2.05) is 6.07 Å². The third-order valence-corrected chi connectivity index (χ3v) is 3.84. The van der Waals surface area contributed by atoms with Crippen molar-refractivity contribution in [3.63, 3.8) is 0 Å². The highest BCUT2D eigenvalue weighted by molar-refractivity contribution is 9.10. The number of hydrogen-bond donors (Lipinski definition) is 1. The lowest BCUT2D eigenvalue weighted by Gasteiger charge is -2.32. The molecule has 0 amide bonds. The first-order valence-electron chi connectivity index (χ1n) is 5.21. The Bertz CT molecular complexity index is 408. The van der Waals surface area contributed by atoms with E-state index < -0.39 is 0 Å². The van der Waals surface area contributed by atoms with Crippen LogP contribution in [-0.2, 0) is 6.42 Å². The first-order valence-corrected chi connectivity index (χ1v) is 6.00. The Morgan fingerprint density at radius 2 is 2.33 bits per heavy atom. The Kier molecular flexibility index (Phi) is 2.21. The summed E-state index contributed by atoms with van der Waals surface area (Å²) in [5.74, 6) is -0.151. The van der Waals surface area contributed by atoms with Gasteiger partial charge in [0.2, 0.25) is 0 Å². The van der Waals surface area contributed by atoms with Gasteiger partial charge in [-0.2, -0.15) is 0 Å². The maximum atomic E-state index is 13.4. The molecule has 80 valence electrons. The molecule has 4 heteroatoms. The second kappa shape index (κ2) is 3.46. The van der Waals surface area contributed by atoms with Gasteiger partial charge in [-0.1, -0.05) is 0 Å². The normalized spacial score (nSPS) is 23.9. The standard InChI is InChI=1S/C11H12BrFN2/c12-9-5-11-7(4-10(9)13)3-8-6-14-1-2-15(8)11/h4-5,8,14H,1-3,6H2. The van der Waals surface area contributed by atoms with Crippen LogP contribution in [0.15, 0.2) is 16.6 Å². The van der Waals surface area contributed by atoms with Crippen molar-refractivity contribution in [3.05, 3.63) is 28.0 Å². The van der Waals surface area contributed by atoms with Crippen LogP contribution in [0.5, 0.6) is 0 Å². The van der Waals surface area contributed by atoms with Crippen molar-refractivity contribution in [1.29, 1.82) is 0 Å². The summed E-state index contributed by atoms with van der Waals surface area (Å²) in [4.78, 5) is 2.38. The van der Waals surface area contributed by atoms with E-state index in [1.54, 1.807) is 6.07 Å². The number of nitrogens with zero attached hydrogens (tertiary/aromatic N) is 1. The van der Waals surface area contributed by atoms with Crippen molar-refractivity contribution in [2.24, 2.45) is 0 Å². The summed E-state index contributed by atoms with van der Waals surface area (Å²) in [5, 5.41) is 3.37. The highest BCUT2D eigenvalue weighted by Gasteiger charge is 2.31. The smallest absolute Gasteiger partial charge is 0.137 e. The summed E-state index contributed by atoms with van der Waals surface area (Å²) in [5.41, 5.74) is 2.35. The lowest BCUT2D eigenvalue weighted by molar-refractivity contribution is 0.495. The number of rotatable bonds is 0. The summed E-state index contributed by atoms with van der Waals surface area (Å²) in [6.07, 6.45) is 0.965. The molecule has 1 N–H and O–H groups in total. The second-order valence-corrected chi connectivity index (χ2v) is 5.00. The lowest BCUT2D eigenvalue weighted by Crippen LogP contribution is -2.49. The molecule has 3 rings (SSSR count). The number of anilines is 1. The zero-order valence-corrected chi connectivity index (χ0v) is 9.85. The average Bonchev–Trinajstić information content (AvgIpc) is 2.57. The number of fused-ring (bicyclic) bond motifs is 3. The van der Waals surface area contributed by atoms with Gasteiger partial charge in [-0.25, -0.2) is 4.39 Å². The van der Waals surface area contributed by atoms with Crippen LogP contribution in [0.3, 0.4) is 0 Å². The molecule has 2 aliphatic heterocycles. The number of halogens is 2. The Balaban J connectivity index is 2.04. The highest BCUT2D eigenvalue weighted by atomic mass is 79.9. The molecule has 0 aromatic heterocycles. The molecule has 1 unspecified atom stereocenters. The first-order chi connectivity index (χ1) is 7.25. The highest BCUT2D eigenvalue weighted by Crippen LogP contribution is 2.36. The fourth-order valence-electron chi connectivity index (χ4n) is 2.52. The van der Waals surface area contributed by atoms with Crippen molar-refractivity contribution in [2.45, 2.75) is 12.5 Å². The summed E-state index contributed by atoms with van der Waals surface area (Å²) in [7, 11) is 0. The molecule has 0 saturated carbocycles. The van der Waals surface area contributed by atoms with Crippen LogP contribution in [0.4, 0.5) is 10.1 Å². The molecule has 0 radical (unpaired) electrons. The molecule has 2 aliphatic rings. The molecule has 0 bridgehead atoms. The van der Waals surface area contributed by atoms with Crippen molar-refractivity contribution in [1.82, 2.24) is 5.32 Å². The molecule has 2 nitrogen and oxygen atoms in total. The molecule has 0 spiro atoms. The van der Waals surface area contributed by atoms with Crippen LogP contribution in [0.25, 0.3) is 0 Å². The van der Waals surface area contributed by atoms with Crippen molar-refractivity contribution in [3.8, 4) is 0 Å². The predicted molar refractivity (Wildman–Crippen MR) is 61.8 cm³/mol. The average molecular weight is 271 g/mol. The van der Waals surface area contributed by atoms with Gasteiger partial charge in [0.25, 0.3) is 0 Å². The molecular formula is C11H12BrFN2. The monoisotopic (exact) mass is 270 g/mol. The fraction of sp³-hybridized carbons (Fsp3) is 0.455. The topological polar surface area (TPSA) is 15.3 Å². The van der Waals surface area contributed by atoms with Gasteiger partial charge in [0, 0.05) is 31.4 Å². The molecule has 1 saturated heterocycles. The van der Waals surface area contributed by atoms with Gasteiger partial charge in [-0.05, 0) is 40.0 Å². The zero-order valence-electron chi connectivity index (χ0n) is 8.26. The van der Waals surface area contributed by atoms with E-state index in [2.05, 4.69) is 26.1 Å². The number of benzene rings is 1. The Morgan fingerprint density at radius 3 is 3.20 bits per heavy atom. The van der Waals surface area contributed by atoms with E-state index in [0.29, 0.717) is 10.5 Å². The van der Waals surface area contributed by atoms with Crippen molar-refractivity contribution >= 4 is 21.6 Å².